The van der Waals surface area contributed by atoms with E-state index in [2.05, 4.69) is 11.4 Å². The second-order valence-corrected chi connectivity index (χ2v) is 5.05. The van der Waals surface area contributed by atoms with Crippen LogP contribution in [0.25, 0.3) is 0 Å². The van der Waals surface area contributed by atoms with Crippen LogP contribution in [0.5, 0.6) is 0 Å². The van der Waals surface area contributed by atoms with Gasteiger partial charge in [0.05, 0.1) is 12.7 Å². The smallest absolute Gasteiger partial charge is 0.104 e. The van der Waals surface area contributed by atoms with E-state index in [1.165, 1.54) is 0 Å². The number of thioether (sulfide) groups is 1. The lowest BCUT2D eigenvalue weighted by Crippen LogP contribution is -2.45. The highest BCUT2D eigenvalue weighted by Gasteiger charge is 2.23. The maximum atomic E-state index is 9.02. The molecule has 0 heterocycles. The van der Waals surface area contributed by atoms with Crippen molar-refractivity contribution < 1.29 is 5.11 Å². The van der Waals surface area contributed by atoms with Gasteiger partial charge in [-0.05, 0) is 32.9 Å². The Morgan fingerprint density at radius 3 is 2.57 bits per heavy atom. The van der Waals surface area contributed by atoms with Gasteiger partial charge in [0.2, 0.25) is 0 Å². The molecular formula is C10H20N2OS. The van der Waals surface area contributed by atoms with Crippen LogP contribution >= 0.6 is 11.8 Å². The first kappa shape index (κ1) is 13.8. The Balaban J connectivity index is 3.83. The molecule has 0 aromatic carbocycles. The summed E-state index contributed by atoms with van der Waals surface area (Å²) in [7, 11) is 0. The van der Waals surface area contributed by atoms with Crippen molar-refractivity contribution in [1.29, 1.82) is 5.26 Å². The Kier molecular flexibility index (Phi) is 6.98. The van der Waals surface area contributed by atoms with Gasteiger partial charge in [-0.15, -0.1) is 0 Å². The summed E-state index contributed by atoms with van der Waals surface area (Å²) >= 11 is 1.68. The predicted molar refractivity (Wildman–Crippen MR) is 61.3 cm³/mol. The zero-order chi connectivity index (χ0) is 11.0. The van der Waals surface area contributed by atoms with Gasteiger partial charge in [0.25, 0.3) is 0 Å². The van der Waals surface area contributed by atoms with Gasteiger partial charge in [-0.1, -0.05) is 0 Å². The highest BCUT2D eigenvalue weighted by Crippen LogP contribution is 2.14. The van der Waals surface area contributed by atoms with Crippen LogP contribution < -0.4 is 5.32 Å². The van der Waals surface area contributed by atoms with Crippen molar-refractivity contribution in [2.24, 2.45) is 0 Å². The van der Waals surface area contributed by atoms with E-state index in [0.717, 1.165) is 17.9 Å². The molecule has 0 aliphatic carbocycles. The number of aliphatic hydroxyl groups is 1. The molecule has 1 unspecified atom stereocenters. The van der Waals surface area contributed by atoms with Crippen molar-refractivity contribution in [3.05, 3.63) is 0 Å². The maximum absolute atomic E-state index is 9.02. The van der Waals surface area contributed by atoms with Crippen molar-refractivity contribution in [3.8, 4) is 6.07 Å². The van der Waals surface area contributed by atoms with Gasteiger partial charge in [0, 0.05) is 11.8 Å². The Bertz CT molecular complexity index is 191. The number of rotatable bonds is 7. The number of nitriles is 1. The first-order valence-electron chi connectivity index (χ1n) is 4.91. The number of hydrogen-bond acceptors (Lipinski definition) is 4. The SMILES string of the molecule is CC(C)NC(C)(C#N)CCSCCO. The summed E-state index contributed by atoms with van der Waals surface area (Å²) in [6.07, 6.45) is 0.812. The van der Waals surface area contributed by atoms with Crippen LogP contribution in [-0.2, 0) is 0 Å². The Morgan fingerprint density at radius 2 is 2.14 bits per heavy atom. The molecule has 0 saturated carbocycles. The van der Waals surface area contributed by atoms with Crippen LogP contribution in [0.1, 0.15) is 27.2 Å². The topological polar surface area (TPSA) is 56.0 Å². The summed E-state index contributed by atoms with van der Waals surface area (Å²) in [5, 5.41) is 20.9. The molecule has 0 rings (SSSR count). The van der Waals surface area contributed by atoms with Crippen molar-refractivity contribution >= 4 is 11.8 Å². The van der Waals surface area contributed by atoms with Gasteiger partial charge in [0.15, 0.2) is 0 Å². The van der Waals surface area contributed by atoms with Crippen LogP contribution in [0.4, 0.5) is 0 Å². The van der Waals surface area contributed by atoms with Gasteiger partial charge < -0.3 is 5.11 Å². The minimum absolute atomic E-state index is 0.214. The third-order valence-electron chi connectivity index (χ3n) is 1.84. The van der Waals surface area contributed by atoms with Crippen molar-refractivity contribution in [3.63, 3.8) is 0 Å². The number of nitrogens with one attached hydrogen (secondary N) is 1. The van der Waals surface area contributed by atoms with Crippen molar-refractivity contribution in [2.45, 2.75) is 38.8 Å². The van der Waals surface area contributed by atoms with E-state index in [9.17, 15) is 0 Å². The summed E-state index contributed by atoms with van der Waals surface area (Å²) in [6.45, 7) is 6.21. The zero-order valence-electron chi connectivity index (χ0n) is 9.21. The molecule has 0 fully saturated rings. The molecule has 4 heteroatoms. The molecule has 0 aliphatic heterocycles. The van der Waals surface area contributed by atoms with Gasteiger partial charge in [-0.3, -0.25) is 5.32 Å². The minimum atomic E-state index is -0.434. The lowest BCUT2D eigenvalue weighted by Gasteiger charge is -2.25. The molecule has 2 N–H and O–H groups in total. The zero-order valence-corrected chi connectivity index (χ0v) is 10.0. The van der Waals surface area contributed by atoms with Crippen LogP contribution in [0.15, 0.2) is 0 Å². The Morgan fingerprint density at radius 1 is 1.50 bits per heavy atom. The molecule has 0 aromatic heterocycles. The molecule has 0 amide bonds. The van der Waals surface area contributed by atoms with Gasteiger partial charge >= 0.3 is 0 Å². The number of aliphatic hydroxyl groups excluding tert-OH is 1. The normalized spacial score (nSPS) is 15.1. The molecular weight excluding hydrogens is 196 g/mol. The molecule has 3 nitrogen and oxygen atoms in total. The molecule has 1 atom stereocenters. The number of hydrogen-bond donors (Lipinski definition) is 2. The predicted octanol–water partition coefficient (Wildman–Crippen LogP) is 1.38. The Labute approximate surface area is 90.9 Å². The summed E-state index contributed by atoms with van der Waals surface area (Å²) < 4.78 is 0. The largest absolute Gasteiger partial charge is 0.396 e. The lowest BCUT2D eigenvalue weighted by atomic mass is 10.0. The number of nitrogens with zero attached hydrogens (tertiary/aromatic N) is 1. The molecule has 0 aliphatic rings. The van der Waals surface area contributed by atoms with Crippen LogP contribution in [0, 0.1) is 11.3 Å². The van der Waals surface area contributed by atoms with E-state index in [1.807, 2.05) is 20.8 Å². The molecule has 14 heavy (non-hydrogen) atoms. The highest BCUT2D eigenvalue weighted by atomic mass is 32.2. The first-order valence-corrected chi connectivity index (χ1v) is 6.07. The fourth-order valence-corrected chi connectivity index (χ4v) is 2.13. The van der Waals surface area contributed by atoms with E-state index in [1.54, 1.807) is 11.8 Å². The molecule has 0 aromatic rings. The molecule has 0 spiro atoms. The Hall–Kier alpha value is -0.240. The van der Waals surface area contributed by atoms with Gasteiger partial charge in [-0.25, -0.2) is 0 Å². The first-order chi connectivity index (χ1) is 6.54. The van der Waals surface area contributed by atoms with E-state index < -0.39 is 5.54 Å². The molecule has 0 radical (unpaired) electrons. The monoisotopic (exact) mass is 216 g/mol. The summed E-state index contributed by atoms with van der Waals surface area (Å²) in [5.74, 6) is 1.66. The van der Waals surface area contributed by atoms with E-state index in [0.29, 0.717) is 6.04 Å². The fourth-order valence-electron chi connectivity index (χ4n) is 1.24. The van der Waals surface area contributed by atoms with E-state index in [-0.39, 0.29) is 6.61 Å². The van der Waals surface area contributed by atoms with Gasteiger partial charge in [0.1, 0.15) is 5.54 Å². The molecule has 82 valence electrons. The highest BCUT2D eigenvalue weighted by molar-refractivity contribution is 7.99. The van der Waals surface area contributed by atoms with Gasteiger partial charge in [-0.2, -0.15) is 17.0 Å². The van der Waals surface area contributed by atoms with Crippen LogP contribution in [0.2, 0.25) is 0 Å². The second-order valence-electron chi connectivity index (χ2n) is 3.83. The quantitative estimate of drug-likeness (QED) is 0.631. The maximum Gasteiger partial charge on any atom is 0.104 e. The molecule has 0 bridgehead atoms. The van der Waals surface area contributed by atoms with Crippen LogP contribution in [-0.4, -0.2) is 34.8 Å². The van der Waals surface area contributed by atoms with Crippen molar-refractivity contribution in [1.82, 2.24) is 5.32 Å². The van der Waals surface area contributed by atoms with Crippen molar-refractivity contribution in [2.75, 3.05) is 18.1 Å². The minimum Gasteiger partial charge on any atom is -0.396 e. The average Bonchev–Trinajstić information content (AvgIpc) is 2.11. The summed E-state index contributed by atoms with van der Waals surface area (Å²) in [4.78, 5) is 0. The summed E-state index contributed by atoms with van der Waals surface area (Å²) in [5.41, 5.74) is -0.434. The summed E-state index contributed by atoms with van der Waals surface area (Å²) in [6, 6.07) is 2.62. The lowest BCUT2D eigenvalue weighted by molar-refractivity contribution is 0.322. The second kappa shape index (κ2) is 7.10. The fraction of sp³-hybridized carbons (Fsp3) is 0.900. The average molecular weight is 216 g/mol. The third kappa shape index (κ3) is 6.25. The van der Waals surface area contributed by atoms with E-state index >= 15 is 0 Å². The third-order valence-corrected chi connectivity index (χ3v) is 2.80. The van der Waals surface area contributed by atoms with Crippen LogP contribution in [0.3, 0.4) is 0 Å². The molecule has 0 saturated heterocycles. The standard InChI is InChI=1S/C10H20N2OS/c1-9(2)12-10(3,8-11)4-6-14-7-5-13/h9,12-13H,4-7H2,1-3H3. The van der Waals surface area contributed by atoms with E-state index in [4.69, 9.17) is 10.4 Å².